The van der Waals surface area contributed by atoms with Gasteiger partial charge in [0.15, 0.2) is 0 Å². The predicted octanol–water partition coefficient (Wildman–Crippen LogP) is 4.30. The molecule has 0 saturated carbocycles. The number of aryl methyl sites for hydroxylation is 1. The molecule has 1 amide bonds. The lowest BCUT2D eigenvalue weighted by Gasteiger charge is -2.30. The Labute approximate surface area is 237 Å². The maximum Gasteiger partial charge on any atom is 0.417 e. The van der Waals surface area contributed by atoms with Crippen molar-refractivity contribution in [2.45, 2.75) is 26.2 Å². The van der Waals surface area contributed by atoms with E-state index in [9.17, 15) is 18.0 Å². The first-order valence-electron chi connectivity index (χ1n) is 12.6. The number of rotatable bonds is 4. The number of pyridine rings is 1. The lowest BCUT2D eigenvalue weighted by molar-refractivity contribution is -0.137. The number of amidine groups is 1. The highest BCUT2D eigenvalue weighted by molar-refractivity contribution is 7.17. The fourth-order valence-electron chi connectivity index (χ4n) is 4.48. The zero-order chi connectivity index (χ0) is 29.3. The fraction of sp³-hybridized carbons (Fsp3) is 0.296. The van der Waals surface area contributed by atoms with Crippen LogP contribution in [0.15, 0.2) is 47.6 Å². The van der Waals surface area contributed by atoms with Gasteiger partial charge in [0.2, 0.25) is 12.1 Å². The molecule has 5 rings (SSSR count). The van der Waals surface area contributed by atoms with Gasteiger partial charge in [-0.25, -0.2) is 9.98 Å². The quantitative estimate of drug-likeness (QED) is 0.266. The van der Waals surface area contributed by atoms with Crippen LogP contribution in [0.2, 0.25) is 0 Å². The number of nitrogens with zero attached hydrogens (tertiary/aromatic N) is 3. The number of hydrogen-bond donors (Lipinski definition) is 4. The van der Waals surface area contributed by atoms with Crippen LogP contribution >= 0.6 is 11.3 Å². The van der Waals surface area contributed by atoms with Crippen molar-refractivity contribution in [1.82, 2.24) is 10.3 Å². The van der Waals surface area contributed by atoms with E-state index in [1.54, 1.807) is 4.90 Å². The molecule has 0 bridgehead atoms. The summed E-state index contributed by atoms with van der Waals surface area (Å²) >= 11 is 1.42. The number of fused-ring (bicyclic) bond motifs is 1. The molecule has 214 valence electrons. The molecule has 2 aliphatic heterocycles. The van der Waals surface area contributed by atoms with Crippen LogP contribution in [0, 0.1) is 24.7 Å². The lowest BCUT2D eigenvalue weighted by Crippen LogP contribution is -2.43. The summed E-state index contributed by atoms with van der Waals surface area (Å²) < 4.78 is 50.9. The van der Waals surface area contributed by atoms with Crippen LogP contribution in [0.1, 0.15) is 32.8 Å². The van der Waals surface area contributed by atoms with Crippen molar-refractivity contribution >= 4 is 45.6 Å². The number of carbonyl (C=O) groups excluding carboxylic acids is 1. The first-order valence-corrected chi connectivity index (χ1v) is 13.4. The third-order valence-corrected chi connectivity index (χ3v) is 7.77. The number of nitrogens with one attached hydrogen (secondary N) is 4. The highest BCUT2D eigenvalue weighted by atomic mass is 32.1. The molecule has 3 aromatic rings. The van der Waals surface area contributed by atoms with E-state index < -0.39 is 35.7 Å². The molecule has 41 heavy (non-hydrogen) atoms. The topological polar surface area (TPSA) is 136 Å². The highest BCUT2D eigenvalue weighted by Crippen LogP contribution is 2.36. The number of aliphatic imine (C=N–C) groups is 1. The third-order valence-electron chi connectivity index (χ3n) is 6.65. The summed E-state index contributed by atoms with van der Waals surface area (Å²) in [6.45, 7) is 5.07. The van der Waals surface area contributed by atoms with Gasteiger partial charge >= 0.3 is 6.18 Å². The van der Waals surface area contributed by atoms with Crippen LogP contribution in [0.3, 0.4) is 0 Å². The summed E-state index contributed by atoms with van der Waals surface area (Å²) in [4.78, 5) is 24.3. The van der Waals surface area contributed by atoms with Gasteiger partial charge in [0.05, 0.1) is 30.2 Å². The van der Waals surface area contributed by atoms with Gasteiger partial charge in [0.25, 0.3) is 11.9 Å². The molecular formula is C27H26F3N7O3S. The Hall–Kier alpha value is -4.30. The minimum atomic E-state index is -4.64. The van der Waals surface area contributed by atoms with Gasteiger partial charge in [0.1, 0.15) is 10.7 Å². The standard InChI is InChI=1S/C27H26F3N7O3S/c1-14-15(2)41-25-19(14)20(16-6-4-3-5-7-16)34-23(24(38)36-25)35-26(32)40-22(31)21-18(37-8-10-39-11-9-37)12-17(13-33-21)27(28,29)30/h3-7,12-13,23,31H,8-11H2,1-2H3,(H2,32,35)(H,36,38)/t23-/m0/s1. The van der Waals surface area contributed by atoms with Crippen molar-refractivity contribution in [3.8, 4) is 0 Å². The second kappa shape index (κ2) is 11.3. The average molecular weight is 586 g/mol. The summed E-state index contributed by atoms with van der Waals surface area (Å²) in [6.07, 6.45) is -5.31. The zero-order valence-electron chi connectivity index (χ0n) is 22.1. The largest absolute Gasteiger partial charge is 0.417 e. The Morgan fingerprint density at radius 2 is 1.90 bits per heavy atom. The molecule has 1 atom stereocenters. The molecule has 0 aliphatic carbocycles. The SMILES string of the molecule is Cc1sc2c(c1C)C(c1ccccc1)=N[C@@H](NC(=N)OC(=N)c1ncc(C(F)(F)F)cc1N1CCOCC1)C(=O)N2. The lowest BCUT2D eigenvalue weighted by atomic mass is 10.00. The molecular weight excluding hydrogens is 559 g/mol. The van der Waals surface area contributed by atoms with Crippen LogP contribution < -0.4 is 15.5 Å². The van der Waals surface area contributed by atoms with E-state index in [0.717, 1.165) is 27.6 Å². The van der Waals surface area contributed by atoms with Crippen molar-refractivity contribution in [3.63, 3.8) is 0 Å². The summed E-state index contributed by atoms with van der Waals surface area (Å²) in [7, 11) is 0. The molecule has 4 N–H and O–H groups in total. The number of thiophene rings is 1. The monoisotopic (exact) mass is 585 g/mol. The number of alkyl halides is 3. The Morgan fingerprint density at radius 3 is 2.59 bits per heavy atom. The van der Waals surface area contributed by atoms with Gasteiger partial charge in [-0.2, -0.15) is 13.2 Å². The zero-order valence-corrected chi connectivity index (χ0v) is 22.9. The van der Waals surface area contributed by atoms with Crippen LogP contribution in [0.5, 0.6) is 0 Å². The Balaban J connectivity index is 1.41. The fourth-order valence-corrected chi connectivity index (χ4v) is 5.54. The number of anilines is 2. The Kier molecular flexibility index (Phi) is 7.78. The van der Waals surface area contributed by atoms with E-state index >= 15 is 0 Å². The average Bonchev–Trinajstić information content (AvgIpc) is 3.14. The molecule has 10 nitrogen and oxygen atoms in total. The number of ether oxygens (including phenoxy) is 2. The number of aromatic nitrogens is 1. The summed E-state index contributed by atoms with van der Waals surface area (Å²) in [5, 5.41) is 22.8. The molecule has 1 aromatic carbocycles. The number of halogens is 3. The van der Waals surface area contributed by atoms with Gasteiger partial charge in [-0.05, 0) is 25.5 Å². The molecule has 2 aliphatic rings. The number of benzene rings is 1. The number of hydrogen-bond acceptors (Lipinski definition) is 9. The molecule has 0 radical (unpaired) electrons. The minimum Gasteiger partial charge on any atom is -0.405 e. The van der Waals surface area contributed by atoms with E-state index in [1.165, 1.54) is 11.3 Å². The maximum atomic E-state index is 13.4. The second-order valence-electron chi connectivity index (χ2n) is 9.32. The summed E-state index contributed by atoms with van der Waals surface area (Å²) in [5.74, 6) is -1.20. The highest BCUT2D eigenvalue weighted by Gasteiger charge is 2.34. The van der Waals surface area contributed by atoms with E-state index in [2.05, 4.69) is 20.6 Å². The smallest absolute Gasteiger partial charge is 0.405 e. The predicted molar refractivity (Wildman–Crippen MR) is 149 cm³/mol. The van der Waals surface area contributed by atoms with Gasteiger partial charge in [-0.15, -0.1) is 11.3 Å². The molecule has 14 heteroatoms. The van der Waals surface area contributed by atoms with E-state index in [0.29, 0.717) is 43.2 Å². The molecule has 4 heterocycles. The van der Waals surface area contributed by atoms with Crippen LogP contribution in [0.4, 0.5) is 23.9 Å². The van der Waals surface area contributed by atoms with Gasteiger partial charge in [0, 0.05) is 35.3 Å². The van der Waals surface area contributed by atoms with Crippen molar-refractivity contribution in [1.29, 1.82) is 10.8 Å². The molecule has 1 saturated heterocycles. The van der Waals surface area contributed by atoms with Crippen molar-refractivity contribution in [2.24, 2.45) is 4.99 Å². The minimum absolute atomic E-state index is 0.0350. The Bertz CT molecular complexity index is 1530. The van der Waals surface area contributed by atoms with Crippen molar-refractivity contribution in [2.75, 3.05) is 36.5 Å². The van der Waals surface area contributed by atoms with E-state index in [-0.39, 0.29) is 11.4 Å². The van der Waals surface area contributed by atoms with E-state index in [1.807, 2.05) is 44.2 Å². The van der Waals surface area contributed by atoms with Gasteiger partial charge in [-0.1, -0.05) is 30.3 Å². The summed E-state index contributed by atoms with van der Waals surface area (Å²) in [5.41, 5.74) is 1.93. The third kappa shape index (κ3) is 5.93. The number of morpholine rings is 1. The normalized spacial score (nSPS) is 17.2. The first kappa shape index (κ1) is 28.2. The van der Waals surface area contributed by atoms with Crippen molar-refractivity contribution < 1.29 is 27.4 Å². The molecule has 0 unspecified atom stereocenters. The first-order chi connectivity index (χ1) is 19.5. The van der Waals surface area contributed by atoms with Gasteiger partial charge in [-0.3, -0.25) is 15.6 Å². The molecule has 2 aromatic heterocycles. The summed E-state index contributed by atoms with van der Waals surface area (Å²) in [6, 6.07) is 9.50. The van der Waals surface area contributed by atoms with Crippen molar-refractivity contribution in [3.05, 3.63) is 75.4 Å². The van der Waals surface area contributed by atoms with Crippen LogP contribution in [-0.2, 0) is 20.4 Å². The Morgan fingerprint density at radius 1 is 1.20 bits per heavy atom. The molecule has 1 fully saturated rings. The maximum absolute atomic E-state index is 13.4. The van der Waals surface area contributed by atoms with E-state index in [4.69, 9.17) is 20.3 Å². The van der Waals surface area contributed by atoms with Crippen LogP contribution in [0.25, 0.3) is 0 Å². The van der Waals surface area contributed by atoms with Gasteiger partial charge < -0.3 is 25.0 Å². The second-order valence-corrected chi connectivity index (χ2v) is 10.5. The molecule has 0 spiro atoms. The van der Waals surface area contributed by atoms with Crippen LogP contribution in [-0.4, -0.2) is 61.0 Å². The number of carbonyl (C=O) groups is 1. The number of amides is 1.